The van der Waals surface area contributed by atoms with Crippen molar-refractivity contribution >= 4 is 5.91 Å². The summed E-state index contributed by atoms with van der Waals surface area (Å²) in [4.78, 5) is 11.9. The maximum atomic E-state index is 11.9. The van der Waals surface area contributed by atoms with Gasteiger partial charge < -0.3 is 5.32 Å². The SMILES string of the molecule is CCCC(C#N)NC(=O)C1(C)CCCC1. The molecule has 1 atom stereocenters. The quantitative estimate of drug-likeness (QED) is 0.771. The molecule has 0 aromatic rings. The maximum absolute atomic E-state index is 11.9. The second kappa shape index (κ2) is 5.16. The Bertz CT molecular complexity index is 261. The first-order chi connectivity index (χ1) is 7.12. The fourth-order valence-corrected chi connectivity index (χ4v) is 2.17. The van der Waals surface area contributed by atoms with E-state index >= 15 is 0 Å². The highest BCUT2D eigenvalue weighted by molar-refractivity contribution is 5.83. The average molecular weight is 208 g/mol. The van der Waals surface area contributed by atoms with E-state index in [2.05, 4.69) is 11.4 Å². The van der Waals surface area contributed by atoms with Crippen LogP contribution in [0.1, 0.15) is 52.4 Å². The number of nitriles is 1. The molecule has 84 valence electrons. The number of hydrogen-bond acceptors (Lipinski definition) is 2. The molecule has 1 fully saturated rings. The number of amides is 1. The van der Waals surface area contributed by atoms with Crippen LogP contribution in [0.15, 0.2) is 0 Å². The predicted octanol–water partition coefficient (Wildman–Crippen LogP) is 2.38. The second-order valence-electron chi connectivity index (χ2n) is 4.71. The molecule has 3 nitrogen and oxygen atoms in total. The molecule has 3 heteroatoms. The lowest BCUT2D eigenvalue weighted by Crippen LogP contribution is -2.42. The number of carbonyl (C=O) groups is 1. The van der Waals surface area contributed by atoms with Crippen molar-refractivity contribution in [3.63, 3.8) is 0 Å². The summed E-state index contributed by atoms with van der Waals surface area (Å²) in [5, 5.41) is 11.7. The molecule has 1 rings (SSSR count). The van der Waals surface area contributed by atoms with E-state index in [-0.39, 0.29) is 17.4 Å². The molecule has 0 heterocycles. The third kappa shape index (κ3) is 2.95. The van der Waals surface area contributed by atoms with Crippen LogP contribution in [0.5, 0.6) is 0 Å². The Morgan fingerprint density at radius 2 is 2.13 bits per heavy atom. The minimum atomic E-state index is -0.306. The number of nitrogens with zero attached hydrogens (tertiary/aromatic N) is 1. The molecular weight excluding hydrogens is 188 g/mol. The van der Waals surface area contributed by atoms with Gasteiger partial charge in [-0.3, -0.25) is 4.79 Å². The van der Waals surface area contributed by atoms with E-state index in [0.717, 1.165) is 38.5 Å². The van der Waals surface area contributed by atoms with Crippen molar-refractivity contribution in [2.24, 2.45) is 5.41 Å². The predicted molar refractivity (Wildman–Crippen MR) is 59.0 cm³/mol. The van der Waals surface area contributed by atoms with Gasteiger partial charge in [-0.1, -0.05) is 33.1 Å². The first-order valence-electron chi connectivity index (χ1n) is 5.83. The van der Waals surface area contributed by atoms with Gasteiger partial charge in [0.05, 0.1) is 6.07 Å². The average Bonchev–Trinajstić information content (AvgIpc) is 2.65. The molecule has 1 saturated carbocycles. The lowest BCUT2D eigenvalue weighted by atomic mass is 9.87. The van der Waals surface area contributed by atoms with Gasteiger partial charge >= 0.3 is 0 Å². The van der Waals surface area contributed by atoms with Gasteiger partial charge in [-0.2, -0.15) is 5.26 Å². The molecule has 1 amide bonds. The summed E-state index contributed by atoms with van der Waals surface area (Å²) in [5.41, 5.74) is -0.219. The van der Waals surface area contributed by atoms with Gasteiger partial charge in [0.25, 0.3) is 0 Å². The van der Waals surface area contributed by atoms with Crippen molar-refractivity contribution in [2.75, 3.05) is 0 Å². The van der Waals surface area contributed by atoms with Crippen LogP contribution in [0.3, 0.4) is 0 Å². The largest absolute Gasteiger partial charge is 0.340 e. The second-order valence-corrected chi connectivity index (χ2v) is 4.71. The molecule has 0 aromatic carbocycles. The lowest BCUT2D eigenvalue weighted by molar-refractivity contribution is -0.130. The van der Waals surface area contributed by atoms with Gasteiger partial charge in [-0.25, -0.2) is 0 Å². The van der Waals surface area contributed by atoms with Crippen molar-refractivity contribution in [1.82, 2.24) is 5.32 Å². The van der Waals surface area contributed by atoms with E-state index in [1.165, 1.54) is 0 Å². The van der Waals surface area contributed by atoms with E-state index in [0.29, 0.717) is 0 Å². The molecule has 1 unspecified atom stereocenters. The number of nitrogens with one attached hydrogen (secondary N) is 1. The monoisotopic (exact) mass is 208 g/mol. The van der Waals surface area contributed by atoms with Crippen LogP contribution in [0.4, 0.5) is 0 Å². The molecule has 1 aliphatic rings. The van der Waals surface area contributed by atoms with Crippen molar-refractivity contribution in [3.05, 3.63) is 0 Å². The smallest absolute Gasteiger partial charge is 0.226 e. The summed E-state index contributed by atoms with van der Waals surface area (Å²) in [6.45, 7) is 4.03. The van der Waals surface area contributed by atoms with Crippen LogP contribution < -0.4 is 5.32 Å². The topological polar surface area (TPSA) is 52.9 Å². The van der Waals surface area contributed by atoms with Gasteiger partial charge in [0, 0.05) is 5.41 Å². The zero-order chi connectivity index (χ0) is 11.3. The molecule has 0 aromatic heterocycles. The normalized spacial score (nSPS) is 20.6. The molecule has 0 radical (unpaired) electrons. The van der Waals surface area contributed by atoms with E-state index in [1.54, 1.807) is 0 Å². The van der Waals surface area contributed by atoms with E-state index in [9.17, 15) is 4.79 Å². The van der Waals surface area contributed by atoms with Crippen molar-refractivity contribution in [1.29, 1.82) is 5.26 Å². The Hall–Kier alpha value is -1.04. The van der Waals surface area contributed by atoms with Crippen molar-refractivity contribution in [2.45, 2.75) is 58.4 Å². The Balaban J connectivity index is 2.50. The van der Waals surface area contributed by atoms with Gasteiger partial charge in [0.1, 0.15) is 6.04 Å². The zero-order valence-electron chi connectivity index (χ0n) is 9.68. The van der Waals surface area contributed by atoms with Crippen molar-refractivity contribution in [3.8, 4) is 6.07 Å². The van der Waals surface area contributed by atoms with Gasteiger partial charge in [-0.05, 0) is 19.3 Å². The van der Waals surface area contributed by atoms with Crippen LogP contribution in [0, 0.1) is 16.7 Å². The molecule has 0 bridgehead atoms. The Morgan fingerprint density at radius 1 is 1.53 bits per heavy atom. The van der Waals surface area contributed by atoms with Crippen LogP contribution in [-0.4, -0.2) is 11.9 Å². The standard InChI is InChI=1S/C12H20N2O/c1-3-6-10(9-13)14-11(15)12(2)7-4-5-8-12/h10H,3-8H2,1-2H3,(H,14,15). The molecule has 1 N–H and O–H groups in total. The number of rotatable bonds is 4. The molecule has 0 saturated heterocycles. The summed E-state index contributed by atoms with van der Waals surface area (Å²) in [6.07, 6.45) is 5.86. The number of carbonyl (C=O) groups excluding carboxylic acids is 1. The van der Waals surface area contributed by atoms with Crippen LogP contribution in [-0.2, 0) is 4.79 Å². The first kappa shape index (κ1) is 12.0. The molecule has 15 heavy (non-hydrogen) atoms. The first-order valence-corrected chi connectivity index (χ1v) is 5.83. The highest BCUT2D eigenvalue weighted by Gasteiger charge is 2.36. The van der Waals surface area contributed by atoms with Crippen LogP contribution in [0.2, 0.25) is 0 Å². The van der Waals surface area contributed by atoms with Gasteiger partial charge in [0.15, 0.2) is 0 Å². The minimum Gasteiger partial charge on any atom is -0.340 e. The third-order valence-corrected chi connectivity index (χ3v) is 3.29. The fourth-order valence-electron chi connectivity index (χ4n) is 2.17. The lowest BCUT2D eigenvalue weighted by Gasteiger charge is -2.24. The van der Waals surface area contributed by atoms with Crippen LogP contribution >= 0.6 is 0 Å². The minimum absolute atomic E-state index is 0.0694. The summed E-state index contributed by atoms with van der Waals surface area (Å²) in [5.74, 6) is 0.0694. The summed E-state index contributed by atoms with van der Waals surface area (Å²) >= 11 is 0. The molecule has 1 aliphatic carbocycles. The highest BCUT2D eigenvalue weighted by Crippen LogP contribution is 2.37. The van der Waals surface area contributed by atoms with E-state index < -0.39 is 0 Å². The molecule has 0 spiro atoms. The Kier molecular flexibility index (Phi) is 4.14. The Morgan fingerprint density at radius 3 is 2.60 bits per heavy atom. The summed E-state index contributed by atoms with van der Waals surface area (Å²) in [6, 6.07) is 1.84. The summed E-state index contributed by atoms with van der Waals surface area (Å²) in [7, 11) is 0. The summed E-state index contributed by atoms with van der Waals surface area (Å²) < 4.78 is 0. The van der Waals surface area contributed by atoms with Gasteiger partial charge in [-0.15, -0.1) is 0 Å². The van der Waals surface area contributed by atoms with Crippen LogP contribution in [0.25, 0.3) is 0 Å². The van der Waals surface area contributed by atoms with Crippen molar-refractivity contribution < 1.29 is 4.79 Å². The van der Waals surface area contributed by atoms with E-state index in [4.69, 9.17) is 5.26 Å². The van der Waals surface area contributed by atoms with Gasteiger partial charge in [0.2, 0.25) is 5.91 Å². The fraction of sp³-hybridized carbons (Fsp3) is 0.833. The zero-order valence-corrected chi connectivity index (χ0v) is 9.68. The molecule has 0 aliphatic heterocycles. The Labute approximate surface area is 91.9 Å². The number of hydrogen-bond donors (Lipinski definition) is 1. The van der Waals surface area contributed by atoms with E-state index in [1.807, 2.05) is 13.8 Å². The highest BCUT2D eigenvalue weighted by atomic mass is 16.2. The maximum Gasteiger partial charge on any atom is 0.226 e. The molecular formula is C12H20N2O. The third-order valence-electron chi connectivity index (χ3n) is 3.29.